The van der Waals surface area contributed by atoms with E-state index in [1.165, 1.54) is 11.0 Å². The van der Waals surface area contributed by atoms with Crippen LogP contribution in [0, 0.1) is 0 Å². The van der Waals surface area contributed by atoms with Crippen molar-refractivity contribution in [1.29, 1.82) is 0 Å². The van der Waals surface area contributed by atoms with Crippen LogP contribution >= 0.6 is 0 Å². The molecule has 5 nitrogen and oxygen atoms in total. The third-order valence-electron chi connectivity index (χ3n) is 1.66. The minimum Gasteiger partial charge on any atom is -0.480 e. The zero-order valence-electron chi connectivity index (χ0n) is 8.43. The molecule has 0 aliphatic carbocycles. The minimum atomic E-state index is -1.02. The molecule has 0 rings (SSSR count). The second kappa shape index (κ2) is 6.15. The Bertz CT molecular complexity index is 236. The SMILES string of the molecule is CN(C)C(=O)/C=C/CCC(N)C(=O)O. The number of hydrogen-bond donors (Lipinski definition) is 2. The van der Waals surface area contributed by atoms with Crippen molar-refractivity contribution >= 4 is 11.9 Å². The lowest BCUT2D eigenvalue weighted by Gasteiger charge is -2.05. The highest BCUT2D eigenvalue weighted by molar-refractivity contribution is 5.87. The molecule has 3 N–H and O–H groups in total. The third-order valence-corrected chi connectivity index (χ3v) is 1.66. The van der Waals surface area contributed by atoms with Gasteiger partial charge in [0.05, 0.1) is 0 Å². The number of carboxylic acids is 1. The molecule has 0 spiro atoms. The lowest BCUT2D eigenvalue weighted by molar-refractivity contribution is -0.138. The Kier molecular flexibility index (Phi) is 5.55. The van der Waals surface area contributed by atoms with E-state index in [0.717, 1.165) is 0 Å². The van der Waals surface area contributed by atoms with Crippen molar-refractivity contribution in [3.63, 3.8) is 0 Å². The van der Waals surface area contributed by atoms with E-state index >= 15 is 0 Å². The fraction of sp³-hybridized carbons (Fsp3) is 0.556. The summed E-state index contributed by atoms with van der Waals surface area (Å²) in [5.41, 5.74) is 5.26. The van der Waals surface area contributed by atoms with E-state index in [4.69, 9.17) is 10.8 Å². The van der Waals surface area contributed by atoms with Gasteiger partial charge in [0, 0.05) is 14.1 Å². The molecular weight excluding hydrogens is 184 g/mol. The Morgan fingerprint density at radius 1 is 1.50 bits per heavy atom. The highest BCUT2D eigenvalue weighted by atomic mass is 16.4. The first-order chi connectivity index (χ1) is 6.45. The summed E-state index contributed by atoms with van der Waals surface area (Å²) >= 11 is 0. The van der Waals surface area contributed by atoms with E-state index in [0.29, 0.717) is 12.8 Å². The van der Waals surface area contributed by atoms with Gasteiger partial charge in [-0.1, -0.05) is 6.08 Å². The summed E-state index contributed by atoms with van der Waals surface area (Å²) in [7, 11) is 3.30. The van der Waals surface area contributed by atoms with Crippen molar-refractivity contribution in [3.8, 4) is 0 Å². The Labute approximate surface area is 83.2 Å². The first kappa shape index (κ1) is 12.6. The van der Waals surface area contributed by atoms with Gasteiger partial charge in [0.1, 0.15) is 6.04 Å². The van der Waals surface area contributed by atoms with Crippen LogP contribution in [0.25, 0.3) is 0 Å². The van der Waals surface area contributed by atoms with E-state index in [-0.39, 0.29) is 5.91 Å². The van der Waals surface area contributed by atoms with E-state index in [1.54, 1.807) is 20.2 Å². The zero-order valence-corrected chi connectivity index (χ0v) is 8.43. The molecule has 0 aliphatic heterocycles. The van der Waals surface area contributed by atoms with E-state index in [1.807, 2.05) is 0 Å². The van der Waals surface area contributed by atoms with Crippen molar-refractivity contribution < 1.29 is 14.7 Å². The average molecular weight is 200 g/mol. The first-order valence-electron chi connectivity index (χ1n) is 4.31. The number of nitrogens with zero attached hydrogens (tertiary/aromatic N) is 1. The standard InChI is InChI=1S/C9H16N2O3/c1-11(2)8(12)6-4-3-5-7(10)9(13)14/h4,6-7H,3,5,10H2,1-2H3,(H,13,14)/b6-4+. The number of amides is 1. The van der Waals surface area contributed by atoms with Crippen molar-refractivity contribution in [3.05, 3.63) is 12.2 Å². The molecule has 80 valence electrons. The maximum atomic E-state index is 11.0. The Morgan fingerprint density at radius 3 is 2.50 bits per heavy atom. The highest BCUT2D eigenvalue weighted by Gasteiger charge is 2.09. The quantitative estimate of drug-likeness (QED) is 0.603. The van der Waals surface area contributed by atoms with Crippen molar-refractivity contribution in [2.75, 3.05) is 14.1 Å². The largest absolute Gasteiger partial charge is 0.480 e. The maximum Gasteiger partial charge on any atom is 0.320 e. The summed E-state index contributed by atoms with van der Waals surface area (Å²) in [6.45, 7) is 0. The second-order valence-electron chi connectivity index (χ2n) is 3.16. The van der Waals surface area contributed by atoms with Crippen LogP contribution in [0.15, 0.2) is 12.2 Å². The molecule has 1 unspecified atom stereocenters. The van der Waals surface area contributed by atoms with E-state index < -0.39 is 12.0 Å². The van der Waals surface area contributed by atoms with Crippen LogP contribution in [0.1, 0.15) is 12.8 Å². The fourth-order valence-corrected chi connectivity index (χ4v) is 0.732. The molecule has 14 heavy (non-hydrogen) atoms. The zero-order chi connectivity index (χ0) is 11.1. The smallest absolute Gasteiger partial charge is 0.320 e. The van der Waals surface area contributed by atoms with Crippen LogP contribution in [-0.4, -0.2) is 42.0 Å². The van der Waals surface area contributed by atoms with Gasteiger partial charge in [0.2, 0.25) is 5.91 Å². The van der Waals surface area contributed by atoms with Gasteiger partial charge < -0.3 is 15.7 Å². The summed E-state index contributed by atoms with van der Waals surface area (Å²) in [6.07, 6.45) is 3.87. The number of carbonyl (C=O) groups excluding carboxylic acids is 1. The lowest BCUT2D eigenvalue weighted by atomic mass is 10.1. The molecule has 0 aromatic heterocycles. The number of hydrogen-bond acceptors (Lipinski definition) is 3. The van der Waals surface area contributed by atoms with Gasteiger partial charge in [0.15, 0.2) is 0 Å². The Morgan fingerprint density at radius 2 is 2.07 bits per heavy atom. The average Bonchev–Trinajstić information content (AvgIpc) is 2.11. The summed E-state index contributed by atoms with van der Waals surface area (Å²) in [5, 5.41) is 8.45. The molecule has 0 aromatic rings. The van der Waals surface area contributed by atoms with Crippen LogP contribution < -0.4 is 5.73 Å². The van der Waals surface area contributed by atoms with Crippen LogP contribution in [-0.2, 0) is 9.59 Å². The van der Waals surface area contributed by atoms with Gasteiger partial charge in [-0.15, -0.1) is 0 Å². The summed E-state index contributed by atoms with van der Waals surface area (Å²) in [5.74, 6) is -1.13. The number of rotatable bonds is 5. The Balaban J connectivity index is 3.74. The monoisotopic (exact) mass is 200 g/mol. The molecule has 1 amide bonds. The molecule has 5 heteroatoms. The molecule has 1 atom stereocenters. The predicted octanol–water partition coefficient (Wildman–Crippen LogP) is -0.177. The number of allylic oxidation sites excluding steroid dienone is 1. The predicted molar refractivity (Wildman–Crippen MR) is 52.7 cm³/mol. The second-order valence-corrected chi connectivity index (χ2v) is 3.16. The van der Waals surface area contributed by atoms with Crippen molar-refractivity contribution in [2.45, 2.75) is 18.9 Å². The molecule has 0 aromatic carbocycles. The number of carbonyl (C=O) groups is 2. The van der Waals surface area contributed by atoms with Gasteiger partial charge in [-0.05, 0) is 18.9 Å². The molecule has 0 saturated heterocycles. The third kappa shape index (κ3) is 5.31. The minimum absolute atomic E-state index is 0.117. The van der Waals surface area contributed by atoms with Crippen molar-refractivity contribution in [1.82, 2.24) is 4.90 Å². The van der Waals surface area contributed by atoms with Crippen LogP contribution in [0.3, 0.4) is 0 Å². The van der Waals surface area contributed by atoms with E-state index in [9.17, 15) is 9.59 Å². The number of nitrogens with two attached hydrogens (primary N) is 1. The van der Waals surface area contributed by atoms with Gasteiger partial charge in [-0.25, -0.2) is 0 Å². The van der Waals surface area contributed by atoms with Crippen molar-refractivity contribution in [2.24, 2.45) is 5.73 Å². The lowest BCUT2D eigenvalue weighted by Crippen LogP contribution is -2.29. The summed E-state index contributed by atoms with van der Waals surface area (Å²) in [6, 6.07) is -0.853. The van der Waals surface area contributed by atoms with Crippen LogP contribution in [0.4, 0.5) is 0 Å². The topological polar surface area (TPSA) is 83.6 Å². The molecule has 0 bridgehead atoms. The summed E-state index contributed by atoms with van der Waals surface area (Å²) < 4.78 is 0. The molecular formula is C9H16N2O3. The number of likely N-dealkylation sites (N-methyl/N-ethyl adjacent to an activating group) is 1. The van der Waals surface area contributed by atoms with Crippen LogP contribution in [0.5, 0.6) is 0 Å². The molecule has 0 fully saturated rings. The van der Waals surface area contributed by atoms with Gasteiger partial charge in [-0.3, -0.25) is 9.59 Å². The number of aliphatic carboxylic acids is 1. The number of carboxylic acid groups (broad SMARTS) is 1. The van der Waals surface area contributed by atoms with E-state index in [2.05, 4.69) is 0 Å². The molecule has 0 aliphatic rings. The van der Waals surface area contributed by atoms with Gasteiger partial charge >= 0.3 is 5.97 Å². The first-order valence-corrected chi connectivity index (χ1v) is 4.31. The maximum absolute atomic E-state index is 11.0. The molecule has 0 saturated carbocycles. The molecule has 0 radical (unpaired) electrons. The van der Waals surface area contributed by atoms with Crippen LogP contribution in [0.2, 0.25) is 0 Å². The normalized spacial score (nSPS) is 12.8. The highest BCUT2D eigenvalue weighted by Crippen LogP contribution is 1.96. The summed E-state index contributed by atoms with van der Waals surface area (Å²) in [4.78, 5) is 22.8. The van der Waals surface area contributed by atoms with Gasteiger partial charge in [0.25, 0.3) is 0 Å². The Hall–Kier alpha value is -1.36. The molecule has 0 heterocycles. The van der Waals surface area contributed by atoms with Gasteiger partial charge in [-0.2, -0.15) is 0 Å². The fourth-order valence-electron chi connectivity index (χ4n) is 0.732.